The van der Waals surface area contributed by atoms with Crippen molar-refractivity contribution in [1.82, 2.24) is 25.2 Å². The van der Waals surface area contributed by atoms with Crippen LogP contribution in [0.2, 0.25) is 0 Å². The lowest BCUT2D eigenvalue weighted by atomic mass is 10.1. The number of nitrogens with one attached hydrogen (secondary N) is 3. The fraction of sp³-hybridized carbons (Fsp3) is 0.381. The number of rotatable bonds is 6. The molecule has 0 radical (unpaired) electrons. The van der Waals surface area contributed by atoms with Gasteiger partial charge in [-0.25, -0.2) is 13.9 Å². The Labute approximate surface area is 187 Å². The lowest BCUT2D eigenvalue weighted by molar-refractivity contribution is -0.141. The molecular weight excluding hydrogens is 442 g/mol. The van der Waals surface area contributed by atoms with Crippen molar-refractivity contribution in [2.24, 2.45) is 0 Å². The molecule has 0 atom stereocenters. The molecule has 1 fully saturated rings. The number of fused-ring (bicyclic) bond motifs is 1. The van der Waals surface area contributed by atoms with Gasteiger partial charge < -0.3 is 20.9 Å². The molecule has 1 saturated heterocycles. The molecule has 1 amide bonds. The van der Waals surface area contributed by atoms with E-state index in [1.165, 1.54) is 13.1 Å². The third kappa shape index (κ3) is 4.85. The lowest BCUT2D eigenvalue weighted by Gasteiger charge is -2.29. The summed E-state index contributed by atoms with van der Waals surface area (Å²) >= 11 is 0. The van der Waals surface area contributed by atoms with Gasteiger partial charge in [-0.1, -0.05) is 6.07 Å². The maximum atomic E-state index is 14.6. The van der Waals surface area contributed by atoms with Gasteiger partial charge >= 0.3 is 6.18 Å². The van der Waals surface area contributed by atoms with Crippen LogP contribution >= 0.6 is 0 Å². The molecule has 8 nitrogen and oxygen atoms in total. The van der Waals surface area contributed by atoms with Gasteiger partial charge in [-0.3, -0.25) is 4.79 Å². The predicted octanol–water partition coefficient (Wildman–Crippen LogP) is 2.31. The number of hydrogen-bond acceptors (Lipinski definition) is 6. The van der Waals surface area contributed by atoms with E-state index in [4.69, 9.17) is 0 Å². The van der Waals surface area contributed by atoms with Crippen molar-refractivity contribution in [3.05, 3.63) is 53.4 Å². The molecule has 3 heterocycles. The van der Waals surface area contributed by atoms with E-state index < -0.39 is 17.8 Å². The van der Waals surface area contributed by atoms with Gasteiger partial charge in [-0.15, -0.1) is 0 Å². The molecule has 0 spiro atoms. The van der Waals surface area contributed by atoms with Gasteiger partial charge in [-0.2, -0.15) is 18.3 Å². The van der Waals surface area contributed by atoms with Gasteiger partial charge in [0.05, 0.1) is 23.8 Å². The van der Waals surface area contributed by atoms with Crippen LogP contribution in [0.3, 0.4) is 0 Å². The first-order valence-corrected chi connectivity index (χ1v) is 10.4. The molecule has 12 heteroatoms. The number of piperazine rings is 1. The minimum atomic E-state index is -4.63. The highest BCUT2D eigenvalue weighted by Gasteiger charge is 2.33. The average molecular weight is 465 g/mol. The smallest absolute Gasteiger partial charge is 0.384 e. The second-order valence-electron chi connectivity index (χ2n) is 7.60. The van der Waals surface area contributed by atoms with Crippen molar-refractivity contribution in [3.8, 4) is 0 Å². The van der Waals surface area contributed by atoms with E-state index in [-0.39, 0.29) is 29.3 Å². The van der Waals surface area contributed by atoms with Gasteiger partial charge in [0.1, 0.15) is 11.3 Å². The summed E-state index contributed by atoms with van der Waals surface area (Å²) in [6.45, 7) is 3.28. The molecule has 33 heavy (non-hydrogen) atoms. The topological polar surface area (TPSA) is 86.6 Å². The lowest BCUT2D eigenvalue weighted by Crippen LogP contribution is -2.43. The van der Waals surface area contributed by atoms with Crippen LogP contribution in [0, 0.1) is 5.82 Å². The van der Waals surface area contributed by atoms with Gasteiger partial charge in [0.15, 0.2) is 11.4 Å². The molecule has 1 aliphatic rings. The van der Waals surface area contributed by atoms with Crippen molar-refractivity contribution in [2.75, 3.05) is 50.0 Å². The SMILES string of the molecule is CNc1c(C(=O)NCCc2ccc(N3CCNCC3)c(F)c2)nn2cc(C(F)(F)F)ncc12. The Morgan fingerprint density at radius 3 is 2.67 bits per heavy atom. The maximum Gasteiger partial charge on any atom is 0.434 e. The van der Waals surface area contributed by atoms with Crippen molar-refractivity contribution in [3.63, 3.8) is 0 Å². The molecule has 1 aliphatic heterocycles. The summed E-state index contributed by atoms with van der Waals surface area (Å²) < 4.78 is 54.3. The summed E-state index contributed by atoms with van der Waals surface area (Å²) in [5, 5.41) is 12.7. The molecule has 3 aromatic rings. The zero-order valence-electron chi connectivity index (χ0n) is 17.8. The van der Waals surface area contributed by atoms with E-state index in [9.17, 15) is 22.4 Å². The zero-order chi connectivity index (χ0) is 23.6. The van der Waals surface area contributed by atoms with E-state index in [0.717, 1.165) is 48.7 Å². The number of halogens is 4. The predicted molar refractivity (Wildman–Crippen MR) is 115 cm³/mol. The Morgan fingerprint density at radius 1 is 1.24 bits per heavy atom. The highest BCUT2D eigenvalue weighted by Crippen LogP contribution is 2.29. The molecule has 0 aliphatic carbocycles. The number of nitrogens with zero attached hydrogens (tertiary/aromatic N) is 4. The monoisotopic (exact) mass is 465 g/mol. The number of benzene rings is 1. The zero-order valence-corrected chi connectivity index (χ0v) is 17.8. The summed E-state index contributed by atoms with van der Waals surface area (Å²) in [6, 6.07) is 5.02. The average Bonchev–Trinajstić information content (AvgIpc) is 3.17. The minimum absolute atomic E-state index is 0.0566. The van der Waals surface area contributed by atoms with Crippen LogP contribution < -0.4 is 20.9 Å². The Hall–Kier alpha value is -3.41. The molecular formula is C21H23F4N7O. The third-order valence-electron chi connectivity index (χ3n) is 5.44. The molecule has 176 valence electrons. The van der Waals surface area contributed by atoms with E-state index in [1.807, 2.05) is 11.0 Å². The van der Waals surface area contributed by atoms with Crippen LogP contribution in [0.1, 0.15) is 21.7 Å². The summed E-state index contributed by atoms with van der Waals surface area (Å²) in [4.78, 5) is 18.0. The molecule has 0 saturated carbocycles. The largest absolute Gasteiger partial charge is 0.434 e. The Bertz CT molecular complexity index is 1160. The van der Waals surface area contributed by atoms with Crippen LogP contribution in [0.5, 0.6) is 0 Å². The third-order valence-corrected chi connectivity index (χ3v) is 5.44. The molecule has 3 N–H and O–H groups in total. The van der Waals surface area contributed by atoms with E-state index in [1.54, 1.807) is 6.07 Å². The van der Waals surface area contributed by atoms with E-state index >= 15 is 0 Å². The quantitative estimate of drug-likeness (QED) is 0.485. The Morgan fingerprint density at radius 2 is 2.00 bits per heavy atom. The molecule has 1 aromatic carbocycles. The van der Waals surface area contributed by atoms with Crippen molar-refractivity contribution in [2.45, 2.75) is 12.6 Å². The summed E-state index contributed by atoms with van der Waals surface area (Å²) in [7, 11) is 1.54. The van der Waals surface area contributed by atoms with Gasteiger partial charge in [0, 0.05) is 39.8 Å². The summed E-state index contributed by atoms with van der Waals surface area (Å²) in [5.74, 6) is -0.874. The van der Waals surface area contributed by atoms with Crippen molar-refractivity contribution in [1.29, 1.82) is 0 Å². The minimum Gasteiger partial charge on any atom is -0.384 e. The normalized spacial score (nSPS) is 14.5. The highest BCUT2D eigenvalue weighted by atomic mass is 19.4. The Balaban J connectivity index is 1.43. The van der Waals surface area contributed by atoms with Gasteiger partial charge in [0.2, 0.25) is 0 Å². The fourth-order valence-corrected chi connectivity index (χ4v) is 3.77. The number of aromatic nitrogens is 3. The number of anilines is 2. The van der Waals surface area contributed by atoms with Crippen molar-refractivity contribution >= 4 is 22.8 Å². The second-order valence-corrected chi connectivity index (χ2v) is 7.60. The van der Waals surface area contributed by atoms with Crippen LogP contribution in [0.25, 0.3) is 5.52 Å². The van der Waals surface area contributed by atoms with Gasteiger partial charge in [0.25, 0.3) is 5.91 Å². The van der Waals surface area contributed by atoms with E-state index in [0.29, 0.717) is 12.1 Å². The second kappa shape index (κ2) is 9.22. The van der Waals surface area contributed by atoms with Crippen LogP contribution in [-0.4, -0.2) is 60.3 Å². The number of carbonyl (C=O) groups excluding carboxylic acids is 1. The first-order chi connectivity index (χ1) is 15.8. The number of alkyl halides is 3. The number of carbonyl (C=O) groups is 1. The summed E-state index contributed by atoms with van der Waals surface area (Å²) in [6.07, 6.45) is -2.50. The first-order valence-electron chi connectivity index (χ1n) is 10.4. The number of hydrogen-bond donors (Lipinski definition) is 3. The van der Waals surface area contributed by atoms with Crippen molar-refractivity contribution < 1.29 is 22.4 Å². The van der Waals surface area contributed by atoms with Crippen LogP contribution in [0.15, 0.2) is 30.6 Å². The van der Waals surface area contributed by atoms with Crippen LogP contribution in [-0.2, 0) is 12.6 Å². The Kier molecular flexibility index (Phi) is 6.36. The first kappa shape index (κ1) is 22.8. The van der Waals surface area contributed by atoms with E-state index in [2.05, 4.69) is 26.0 Å². The van der Waals surface area contributed by atoms with Crippen LogP contribution in [0.4, 0.5) is 28.9 Å². The van der Waals surface area contributed by atoms with Gasteiger partial charge in [-0.05, 0) is 24.1 Å². The molecule has 4 rings (SSSR count). The molecule has 0 bridgehead atoms. The standard InChI is InChI=1S/C21H23F4N7O/c1-26-18-16-11-29-17(21(23,24)25)12-32(16)30-19(18)20(33)28-5-4-13-2-3-15(14(22)10-13)31-8-6-27-7-9-31/h2-3,10-12,26-27H,4-9H2,1H3,(H,28,33). The summed E-state index contributed by atoms with van der Waals surface area (Å²) in [5.41, 5.74) is 0.604. The fourth-order valence-electron chi connectivity index (χ4n) is 3.77. The number of amides is 1. The molecule has 2 aromatic heterocycles. The maximum absolute atomic E-state index is 14.6. The highest BCUT2D eigenvalue weighted by molar-refractivity contribution is 6.01. The molecule has 0 unspecified atom stereocenters.